The highest BCUT2D eigenvalue weighted by Gasteiger charge is 2.45. The summed E-state index contributed by atoms with van der Waals surface area (Å²) < 4.78 is 71.5. The van der Waals surface area contributed by atoms with Gasteiger partial charge in [-0.1, -0.05) is 0 Å². The van der Waals surface area contributed by atoms with Crippen LogP contribution in [0.1, 0.15) is 23.2 Å². The van der Waals surface area contributed by atoms with E-state index in [0.717, 1.165) is 0 Å². The molecule has 3 rings (SSSR count). The molecule has 6 nitrogen and oxygen atoms in total. The normalized spacial score (nSPS) is 21.2. The first kappa shape index (κ1) is 21.2. The molecule has 3 atom stereocenters. The van der Waals surface area contributed by atoms with Gasteiger partial charge in [0.25, 0.3) is 5.91 Å². The van der Waals surface area contributed by atoms with Crippen molar-refractivity contribution in [3.63, 3.8) is 0 Å². The second-order valence-electron chi connectivity index (χ2n) is 6.56. The molecular formula is C18H17F5N2O4. The van der Waals surface area contributed by atoms with Crippen molar-refractivity contribution in [2.45, 2.75) is 43.9 Å². The number of benzene rings is 1. The third-order valence-corrected chi connectivity index (χ3v) is 4.48. The number of carbonyl (C=O) groups excluding carboxylic acids is 1. The average molecular weight is 420 g/mol. The van der Waals surface area contributed by atoms with E-state index in [1.54, 1.807) is 0 Å². The number of aliphatic hydroxyl groups excluding tert-OH is 1. The molecule has 1 aliphatic rings. The first-order chi connectivity index (χ1) is 13.6. The van der Waals surface area contributed by atoms with Crippen molar-refractivity contribution in [2.75, 3.05) is 6.61 Å². The predicted octanol–water partition coefficient (Wildman–Crippen LogP) is 3.04. The molecule has 29 heavy (non-hydrogen) atoms. The topological polar surface area (TPSA) is 80.7 Å². The number of hydrogen-bond donors (Lipinski definition) is 2. The van der Waals surface area contributed by atoms with Gasteiger partial charge in [-0.05, 0) is 31.0 Å². The highest BCUT2D eigenvalue weighted by molar-refractivity contribution is 5.97. The summed E-state index contributed by atoms with van der Waals surface area (Å²) in [4.78, 5) is 16.4. The molecule has 1 aromatic carbocycles. The summed E-state index contributed by atoms with van der Waals surface area (Å²) in [6.45, 7) is -3.13. The van der Waals surface area contributed by atoms with Crippen LogP contribution in [0.15, 0.2) is 30.5 Å². The highest BCUT2D eigenvalue weighted by Crippen LogP contribution is 2.28. The monoisotopic (exact) mass is 420 g/mol. The van der Waals surface area contributed by atoms with Crippen LogP contribution in [0.2, 0.25) is 0 Å². The van der Waals surface area contributed by atoms with Crippen molar-refractivity contribution in [1.29, 1.82) is 0 Å². The van der Waals surface area contributed by atoms with Gasteiger partial charge >= 0.3 is 12.8 Å². The quantitative estimate of drug-likeness (QED) is 0.727. The molecule has 0 radical (unpaired) electrons. The molecule has 0 unspecified atom stereocenters. The number of rotatable bonds is 5. The summed E-state index contributed by atoms with van der Waals surface area (Å²) in [5.41, 5.74) is 0.544. The Balaban J connectivity index is 1.60. The molecule has 0 saturated carbocycles. The molecule has 0 spiro atoms. The molecule has 2 N–H and O–H groups in total. The standard InChI is InChI=1S/C18H17F5N2O4/c19-17(20)29-12-3-1-9-5-10(7-24-13(9)6-12)16(27)25-11-2-4-14(28-8-11)15(26)18(21,22)23/h1,3,5-7,11,14-15,17,26H,2,4,8H2,(H,25,27)/t11-,14+,15-/m1/s1. The van der Waals surface area contributed by atoms with Gasteiger partial charge in [0.05, 0.1) is 29.8 Å². The van der Waals surface area contributed by atoms with E-state index < -0.39 is 36.9 Å². The zero-order valence-electron chi connectivity index (χ0n) is 14.8. The molecule has 158 valence electrons. The first-order valence-corrected chi connectivity index (χ1v) is 8.65. The lowest BCUT2D eigenvalue weighted by Crippen LogP contribution is -2.49. The van der Waals surface area contributed by atoms with E-state index in [9.17, 15) is 31.9 Å². The number of amides is 1. The Morgan fingerprint density at radius 2 is 2.03 bits per heavy atom. The van der Waals surface area contributed by atoms with E-state index in [1.807, 2.05) is 0 Å². The van der Waals surface area contributed by atoms with Gasteiger partial charge in [0, 0.05) is 17.6 Å². The minimum Gasteiger partial charge on any atom is -0.435 e. The number of carbonyl (C=O) groups is 1. The fraction of sp³-hybridized carbons (Fsp3) is 0.444. The van der Waals surface area contributed by atoms with Crippen LogP contribution in [-0.2, 0) is 4.74 Å². The second kappa shape index (κ2) is 8.46. The summed E-state index contributed by atoms with van der Waals surface area (Å²) in [5, 5.41) is 12.4. The Bertz CT molecular complexity index is 869. The Kier molecular flexibility index (Phi) is 6.18. The van der Waals surface area contributed by atoms with E-state index in [4.69, 9.17) is 4.74 Å². The number of pyridine rings is 1. The Morgan fingerprint density at radius 3 is 2.66 bits per heavy atom. The molecule has 2 aromatic rings. The number of aliphatic hydroxyl groups is 1. The van der Waals surface area contributed by atoms with Crippen molar-refractivity contribution in [1.82, 2.24) is 10.3 Å². The van der Waals surface area contributed by atoms with E-state index in [0.29, 0.717) is 10.9 Å². The number of alkyl halides is 5. The molecule has 1 fully saturated rings. The van der Waals surface area contributed by atoms with Crippen LogP contribution in [0.3, 0.4) is 0 Å². The summed E-state index contributed by atoms with van der Waals surface area (Å²) in [6, 6.07) is 5.09. The van der Waals surface area contributed by atoms with Crippen molar-refractivity contribution in [2.24, 2.45) is 0 Å². The van der Waals surface area contributed by atoms with Crippen molar-refractivity contribution >= 4 is 16.8 Å². The number of hydrogen-bond acceptors (Lipinski definition) is 5. The van der Waals surface area contributed by atoms with Crippen LogP contribution < -0.4 is 10.1 Å². The molecular weight excluding hydrogens is 403 g/mol. The van der Waals surface area contributed by atoms with Gasteiger partial charge in [-0.15, -0.1) is 0 Å². The number of aromatic nitrogens is 1. The van der Waals surface area contributed by atoms with E-state index >= 15 is 0 Å². The third kappa shape index (κ3) is 5.30. The maximum Gasteiger partial charge on any atom is 0.416 e. The van der Waals surface area contributed by atoms with E-state index in [1.165, 1.54) is 30.5 Å². The Morgan fingerprint density at radius 1 is 1.28 bits per heavy atom. The lowest BCUT2D eigenvalue weighted by Gasteiger charge is -2.32. The summed E-state index contributed by atoms with van der Waals surface area (Å²) in [5.74, 6) is -0.567. The zero-order chi connectivity index (χ0) is 21.2. The zero-order valence-corrected chi connectivity index (χ0v) is 14.8. The minimum atomic E-state index is -4.77. The lowest BCUT2D eigenvalue weighted by molar-refractivity contribution is -0.242. The molecule has 1 amide bonds. The number of nitrogens with zero attached hydrogens (tertiary/aromatic N) is 1. The molecule has 11 heteroatoms. The van der Waals surface area contributed by atoms with Crippen LogP contribution in [0.5, 0.6) is 5.75 Å². The number of ether oxygens (including phenoxy) is 2. The molecule has 2 heterocycles. The number of nitrogens with one attached hydrogen (secondary N) is 1. The van der Waals surface area contributed by atoms with Gasteiger partial charge < -0.3 is 19.9 Å². The van der Waals surface area contributed by atoms with E-state index in [2.05, 4.69) is 15.0 Å². The predicted molar refractivity (Wildman–Crippen MR) is 90.7 cm³/mol. The van der Waals surface area contributed by atoms with Crippen LogP contribution >= 0.6 is 0 Å². The average Bonchev–Trinajstić information content (AvgIpc) is 2.66. The third-order valence-electron chi connectivity index (χ3n) is 4.48. The van der Waals surface area contributed by atoms with Gasteiger partial charge in [0.15, 0.2) is 6.10 Å². The van der Waals surface area contributed by atoms with Crippen LogP contribution in [-0.4, -0.2) is 53.6 Å². The smallest absolute Gasteiger partial charge is 0.416 e. The maximum atomic E-state index is 12.5. The van der Waals surface area contributed by atoms with Gasteiger partial charge in [-0.25, -0.2) is 0 Å². The Labute approximate surface area is 161 Å². The SMILES string of the molecule is O=C(N[C@@H]1CC[C@@H]([C@@H](O)C(F)(F)F)OC1)c1cnc2cc(OC(F)F)ccc2c1. The van der Waals surface area contributed by atoms with Gasteiger partial charge in [0.2, 0.25) is 0 Å². The number of halogens is 5. The van der Waals surface area contributed by atoms with Gasteiger partial charge in [-0.2, -0.15) is 22.0 Å². The van der Waals surface area contributed by atoms with Crippen molar-refractivity contribution < 1.29 is 41.3 Å². The maximum absolute atomic E-state index is 12.5. The molecule has 1 aromatic heterocycles. The van der Waals surface area contributed by atoms with Crippen LogP contribution in [0, 0.1) is 0 Å². The van der Waals surface area contributed by atoms with Crippen LogP contribution in [0.4, 0.5) is 22.0 Å². The Hall–Kier alpha value is -2.53. The summed E-state index contributed by atoms with van der Waals surface area (Å²) in [6.07, 6.45) is -7.30. The number of fused-ring (bicyclic) bond motifs is 1. The largest absolute Gasteiger partial charge is 0.435 e. The lowest BCUT2D eigenvalue weighted by atomic mass is 10.0. The fourth-order valence-electron chi connectivity index (χ4n) is 3.02. The molecule has 0 aliphatic carbocycles. The van der Waals surface area contributed by atoms with Crippen molar-refractivity contribution in [3.05, 3.63) is 36.0 Å². The fourth-order valence-corrected chi connectivity index (χ4v) is 3.02. The molecule has 1 aliphatic heterocycles. The van der Waals surface area contributed by atoms with Gasteiger partial charge in [0.1, 0.15) is 5.75 Å². The first-order valence-electron chi connectivity index (χ1n) is 8.65. The summed E-state index contributed by atoms with van der Waals surface area (Å²) >= 11 is 0. The summed E-state index contributed by atoms with van der Waals surface area (Å²) in [7, 11) is 0. The molecule has 0 bridgehead atoms. The highest BCUT2D eigenvalue weighted by atomic mass is 19.4. The van der Waals surface area contributed by atoms with Crippen LogP contribution in [0.25, 0.3) is 10.9 Å². The second-order valence-corrected chi connectivity index (χ2v) is 6.56. The minimum absolute atomic E-state index is 0.0610. The van der Waals surface area contributed by atoms with Gasteiger partial charge in [-0.3, -0.25) is 9.78 Å². The van der Waals surface area contributed by atoms with Crippen molar-refractivity contribution in [3.8, 4) is 5.75 Å². The van der Waals surface area contributed by atoms with E-state index in [-0.39, 0.29) is 30.8 Å². The molecule has 1 saturated heterocycles.